The number of benzene rings is 1. The van der Waals surface area contributed by atoms with Crippen molar-refractivity contribution in [1.82, 2.24) is 10.2 Å². The lowest BCUT2D eigenvalue weighted by molar-refractivity contribution is 0.183. The van der Waals surface area contributed by atoms with Gasteiger partial charge >= 0.3 is 6.03 Å². The SMILES string of the molecule is CN1C2CCC1CC(Sc1ccc3c(c1)[N]C(=O)N3)C2. The minimum Gasteiger partial charge on any atom is -0.304 e. The minimum atomic E-state index is -0.250. The maximum Gasteiger partial charge on any atom is 0.346 e. The van der Waals surface area contributed by atoms with Crippen LogP contribution in [-0.2, 0) is 0 Å². The van der Waals surface area contributed by atoms with Crippen LogP contribution in [0.25, 0.3) is 0 Å². The molecule has 2 saturated heterocycles. The van der Waals surface area contributed by atoms with Crippen LogP contribution in [0.1, 0.15) is 25.7 Å². The summed E-state index contributed by atoms with van der Waals surface area (Å²) >= 11 is 1.96. The summed E-state index contributed by atoms with van der Waals surface area (Å²) in [5, 5.41) is 7.43. The van der Waals surface area contributed by atoms with Crippen molar-refractivity contribution in [2.45, 2.75) is 47.9 Å². The molecular weight excluding hydrogens is 270 g/mol. The molecular formula is C15H18N3OS. The average molecular weight is 288 g/mol. The molecule has 1 aromatic carbocycles. The lowest BCUT2D eigenvalue weighted by Gasteiger charge is -2.36. The van der Waals surface area contributed by atoms with Gasteiger partial charge in [0.25, 0.3) is 0 Å². The zero-order valence-corrected chi connectivity index (χ0v) is 12.3. The monoisotopic (exact) mass is 288 g/mol. The van der Waals surface area contributed by atoms with E-state index in [9.17, 15) is 4.79 Å². The summed E-state index contributed by atoms with van der Waals surface area (Å²) in [4.78, 5) is 15.0. The van der Waals surface area contributed by atoms with Gasteiger partial charge in [-0.1, -0.05) is 0 Å². The van der Waals surface area contributed by atoms with Crippen LogP contribution in [0.4, 0.5) is 16.2 Å². The quantitative estimate of drug-likeness (QED) is 0.909. The van der Waals surface area contributed by atoms with Crippen molar-refractivity contribution in [2.75, 3.05) is 12.4 Å². The molecule has 2 unspecified atom stereocenters. The number of piperidine rings is 1. The number of hydrogen-bond acceptors (Lipinski definition) is 3. The van der Waals surface area contributed by atoms with Crippen molar-refractivity contribution in [2.24, 2.45) is 0 Å². The Kier molecular flexibility index (Phi) is 2.93. The summed E-state index contributed by atoms with van der Waals surface area (Å²) in [5.74, 6) is 0. The molecule has 0 saturated carbocycles. The van der Waals surface area contributed by atoms with Crippen molar-refractivity contribution in [3.05, 3.63) is 18.2 Å². The van der Waals surface area contributed by atoms with Crippen LogP contribution in [-0.4, -0.2) is 35.3 Å². The van der Waals surface area contributed by atoms with E-state index >= 15 is 0 Å². The number of urea groups is 1. The first-order valence-corrected chi connectivity index (χ1v) is 8.12. The van der Waals surface area contributed by atoms with Gasteiger partial charge < -0.3 is 10.2 Å². The molecule has 0 spiro atoms. The first-order valence-electron chi connectivity index (χ1n) is 7.24. The molecule has 0 aliphatic carbocycles. The highest BCUT2D eigenvalue weighted by Crippen LogP contribution is 2.42. The van der Waals surface area contributed by atoms with Gasteiger partial charge in [-0.05, 0) is 50.9 Å². The third-order valence-corrected chi connectivity index (χ3v) is 6.03. The summed E-state index contributed by atoms with van der Waals surface area (Å²) in [6.07, 6.45) is 5.28. The second-order valence-electron chi connectivity index (χ2n) is 5.98. The van der Waals surface area contributed by atoms with Gasteiger partial charge in [0.1, 0.15) is 0 Å². The number of amides is 2. The molecule has 3 heterocycles. The van der Waals surface area contributed by atoms with Crippen LogP contribution in [0.3, 0.4) is 0 Å². The number of fused-ring (bicyclic) bond motifs is 3. The zero-order chi connectivity index (χ0) is 13.7. The fourth-order valence-corrected chi connectivity index (χ4v) is 5.03. The topological polar surface area (TPSA) is 46.4 Å². The van der Waals surface area contributed by atoms with E-state index in [4.69, 9.17) is 0 Å². The Labute approximate surface area is 123 Å². The summed E-state index contributed by atoms with van der Waals surface area (Å²) in [7, 11) is 2.27. The van der Waals surface area contributed by atoms with Gasteiger partial charge in [0, 0.05) is 22.2 Å². The number of hydrogen-bond donors (Lipinski definition) is 1. The van der Waals surface area contributed by atoms with Crippen LogP contribution in [0, 0.1) is 0 Å². The maximum atomic E-state index is 11.2. The number of nitrogens with zero attached hydrogens (tertiary/aromatic N) is 2. The maximum absolute atomic E-state index is 11.2. The van der Waals surface area contributed by atoms with E-state index in [1.807, 2.05) is 23.9 Å². The Balaban J connectivity index is 1.48. The van der Waals surface area contributed by atoms with Crippen molar-refractivity contribution in [3.8, 4) is 0 Å². The predicted molar refractivity (Wildman–Crippen MR) is 80.7 cm³/mol. The molecule has 20 heavy (non-hydrogen) atoms. The second-order valence-corrected chi connectivity index (χ2v) is 7.36. The number of rotatable bonds is 2. The predicted octanol–water partition coefficient (Wildman–Crippen LogP) is 3.19. The van der Waals surface area contributed by atoms with E-state index in [-0.39, 0.29) is 6.03 Å². The van der Waals surface area contributed by atoms with Gasteiger partial charge in [0.15, 0.2) is 0 Å². The molecule has 1 N–H and O–H groups in total. The number of thioether (sulfide) groups is 1. The normalized spacial score (nSPS) is 31.9. The van der Waals surface area contributed by atoms with E-state index in [2.05, 4.69) is 28.6 Å². The fourth-order valence-electron chi connectivity index (χ4n) is 3.69. The van der Waals surface area contributed by atoms with Gasteiger partial charge in [0.05, 0.1) is 11.4 Å². The highest BCUT2D eigenvalue weighted by molar-refractivity contribution is 8.00. The molecule has 4 rings (SSSR count). The van der Waals surface area contributed by atoms with Crippen LogP contribution in [0.2, 0.25) is 0 Å². The van der Waals surface area contributed by atoms with Gasteiger partial charge in [-0.15, -0.1) is 11.8 Å². The highest BCUT2D eigenvalue weighted by atomic mass is 32.2. The third-order valence-electron chi connectivity index (χ3n) is 4.79. The minimum absolute atomic E-state index is 0.250. The van der Waals surface area contributed by atoms with Gasteiger partial charge in [-0.2, -0.15) is 5.32 Å². The summed E-state index contributed by atoms with van der Waals surface area (Å²) in [6, 6.07) is 7.40. The molecule has 4 nitrogen and oxygen atoms in total. The smallest absolute Gasteiger partial charge is 0.304 e. The summed E-state index contributed by atoms with van der Waals surface area (Å²) in [5.41, 5.74) is 1.62. The van der Waals surface area contributed by atoms with Crippen LogP contribution in [0.15, 0.2) is 23.1 Å². The number of anilines is 1. The first-order chi connectivity index (χ1) is 9.69. The van der Waals surface area contributed by atoms with E-state index in [0.29, 0.717) is 5.25 Å². The zero-order valence-electron chi connectivity index (χ0n) is 11.5. The Morgan fingerprint density at radius 2 is 2.05 bits per heavy atom. The molecule has 0 aromatic heterocycles. The average Bonchev–Trinajstić information content (AvgIpc) is 2.85. The van der Waals surface area contributed by atoms with Gasteiger partial charge in [-0.25, -0.2) is 4.79 Å². The summed E-state index contributed by atoms with van der Waals surface area (Å²) < 4.78 is 0. The Bertz CT molecular complexity index is 548. The Morgan fingerprint density at radius 1 is 1.30 bits per heavy atom. The molecule has 2 bridgehead atoms. The highest BCUT2D eigenvalue weighted by Gasteiger charge is 2.38. The van der Waals surface area contributed by atoms with Crippen LogP contribution >= 0.6 is 11.8 Å². The second kappa shape index (κ2) is 4.67. The number of nitrogens with one attached hydrogen (secondary N) is 1. The lowest BCUT2D eigenvalue weighted by Crippen LogP contribution is -2.40. The molecule has 2 fully saturated rings. The molecule has 105 valence electrons. The van der Waals surface area contributed by atoms with Gasteiger partial charge in [0.2, 0.25) is 0 Å². The molecule has 2 amide bonds. The standard InChI is InChI=1S/C15H18N3OS/c1-18-9-2-3-10(18)7-12(6-9)20-11-4-5-13-14(8-11)17-15(19)16-13/h4-5,8-10,12H,2-3,6-7H2,1H3,(H,16,19). The van der Waals surface area contributed by atoms with Crippen LogP contribution < -0.4 is 10.6 Å². The van der Waals surface area contributed by atoms with Crippen molar-refractivity contribution < 1.29 is 4.79 Å². The molecule has 2 atom stereocenters. The molecule has 3 aliphatic rings. The van der Waals surface area contributed by atoms with E-state index < -0.39 is 0 Å². The van der Waals surface area contributed by atoms with Crippen LogP contribution in [0.5, 0.6) is 0 Å². The Morgan fingerprint density at radius 3 is 2.80 bits per heavy atom. The molecule has 3 aliphatic heterocycles. The van der Waals surface area contributed by atoms with E-state index in [0.717, 1.165) is 23.5 Å². The van der Waals surface area contributed by atoms with E-state index in [1.165, 1.54) is 30.6 Å². The fraction of sp³-hybridized carbons (Fsp3) is 0.533. The largest absolute Gasteiger partial charge is 0.346 e. The Hall–Kier alpha value is -1.20. The van der Waals surface area contributed by atoms with E-state index in [1.54, 1.807) is 0 Å². The van der Waals surface area contributed by atoms with Crippen molar-refractivity contribution in [1.29, 1.82) is 0 Å². The third kappa shape index (κ3) is 2.09. The summed E-state index contributed by atoms with van der Waals surface area (Å²) in [6.45, 7) is 0. The molecule has 1 aromatic rings. The first kappa shape index (κ1) is 12.5. The number of carbonyl (C=O) groups excluding carboxylic acids is 1. The molecule has 5 heteroatoms. The molecule has 1 radical (unpaired) electrons. The number of carbonyl (C=O) groups is 1. The van der Waals surface area contributed by atoms with Crippen molar-refractivity contribution in [3.63, 3.8) is 0 Å². The lowest BCUT2D eigenvalue weighted by atomic mass is 10.0. The van der Waals surface area contributed by atoms with Crippen molar-refractivity contribution >= 4 is 29.2 Å². The van der Waals surface area contributed by atoms with Gasteiger partial charge in [-0.3, -0.25) is 0 Å².